The lowest BCUT2D eigenvalue weighted by Crippen LogP contribution is -1.97. The van der Waals surface area contributed by atoms with Crippen LogP contribution in [0.25, 0.3) is 0 Å². The molecule has 0 atom stereocenters. The van der Waals surface area contributed by atoms with Crippen molar-refractivity contribution in [2.75, 3.05) is 0 Å². The van der Waals surface area contributed by atoms with Crippen molar-refractivity contribution in [1.29, 1.82) is 0 Å². The van der Waals surface area contributed by atoms with Crippen LogP contribution >= 0.6 is 0 Å². The monoisotopic (exact) mass is 124 g/mol. The predicted molar refractivity (Wildman–Crippen MR) is 38.9 cm³/mol. The van der Waals surface area contributed by atoms with Crippen LogP contribution in [0.1, 0.15) is 13.1 Å². The Labute approximate surface area is 55.7 Å². The Morgan fingerprint density at radius 3 is 2.56 bits per heavy atom. The van der Waals surface area contributed by atoms with E-state index in [0.29, 0.717) is 6.54 Å². The molecule has 1 rings (SSSR count). The summed E-state index contributed by atoms with van der Waals surface area (Å²) in [5.41, 5.74) is 6.22. The zero-order chi connectivity index (χ0) is 5.82. The third-order valence-electron chi connectivity index (χ3n) is 0.935. The molecule has 0 radical (unpaired) electrons. The molecule has 0 amide bonds. The highest BCUT2D eigenvalue weighted by molar-refractivity contribution is 5.02. The standard InChI is InChI=1S/C6H8N2.CH4/c7-5-6-3-1-2-4-8-6;/h1-4H,5,7H2;1H4. The Morgan fingerprint density at radius 1 is 1.44 bits per heavy atom. The molecule has 2 N–H and O–H groups in total. The van der Waals surface area contributed by atoms with Crippen LogP contribution in [-0.4, -0.2) is 4.98 Å². The Hall–Kier alpha value is -0.890. The second-order valence-corrected chi connectivity index (χ2v) is 1.53. The molecule has 0 saturated heterocycles. The molecule has 2 heteroatoms. The molecule has 0 fully saturated rings. The van der Waals surface area contributed by atoms with E-state index in [2.05, 4.69) is 4.98 Å². The minimum Gasteiger partial charge on any atom is -0.325 e. The summed E-state index contributed by atoms with van der Waals surface area (Å²) in [6, 6.07) is 5.70. The summed E-state index contributed by atoms with van der Waals surface area (Å²) in [6.45, 7) is 0.529. The normalized spacial score (nSPS) is 8.11. The summed E-state index contributed by atoms with van der Waals surface area (Å²) in [7, 11) is 0. The van der Waals surface area contributed by atoms with Crippen LogP contribution in [0.4, 0.5) is 0 Å². The topological polar surface area (TPSA) is 38.9 Å². The lowest BCUT2D eigenvalue weighted by molar-refractivity contribution is 0.991. The predicted octanol–water partition coefficient (Wildman–Crippen LogP) is 1.18. The van der Waals surface area contributed by atoms with Crippen molar-refractivity contribution in [3.63, 3.8) is 0 Å². The van der Waals surface area contributed by atoms with Crippen LogP contribution in [0.3, 0.4) is 0 Å². The number of hydrogen-bond donors (Lipinski definition) is 1. The van der Waals surface area contributed by atoms with Crippen molar-refractivity contribution in [3.05, 3.63) is 30.1 Å². The fourth-order valence-corrected chi connectivity index (χ4v) is 0.519. The van der Waals surface area contributed by atoms with Gasteiger partial charge in [-0.25, -0.2) is 0 Å². The molecule has 1 aromatic heterocycles. The third kappa shape index (κ3) is 2.24. The van der Waals surface area contributed by atoms with Crippen molar-refractivity contribution in [2.45, 2.75) is 14.0 Å². The molecule has 0 aliphatic heterocycles. The molecule has 0 unspecified atom stereocenters. The Kier molecular flexibility index (Phi) is 3.64. The van der Waals surface area contributed by atoms with E-state index in [9.17, 15) is 0 Å². The molecular formula is C7H12N2. The first-order chi connectivity index (χ1) is 3.93. The Balaban J connectivity index is 0.000000640. The summed E-state index contributed by atoms with van der Waals surface area (Å²) in [5.74, 6) is 0. The number of rotatable bonds is 1. The van der Waals surface area contributed by atoms with Gasteiger partial charge in [0.2, 0.25) is 0 Å². The van der Waals surface area contributed by atoms with Gasteiger partial charge in [-0.05, 0) is 12.1 Å². The van der Waals surface area contributed by atoms with Crippen molar-refractivity contribution in [3.8, 4) is 0 Å². The maximum atomic E-state index is 5.29. The van der Waals surface area contributed by atoms with Gasteiger partial charge in [-0.3, -0.25) is 4.98 Å². The van der Waals surface area contributed by atoms with Gasteiger partial charge in [0.05, 0.1) is 5.69 Å². The van der Waals surface area contributed by atoms with E-state index in [-0.39, 0.29) is 7.43 Å². The average Bonchev–Trinajstić information content (AvgIpc) is 1.90. The van der Waals surface area contributed by atoms with Gasteiger partial charge >= 0.3 is 0 Å². The molecule has 0 aliphatic rings. The lowest BCUT2D eigenvalue weighted by atomic mass is 10.4. The quantitative estimate of drug-likeness (QED) is 0.610. The molecular weight excluding hydrogens is 112 g/mol. The molecule has 0 bridgehead atoms. The maximum Gasteiger partial charge on any atom is 0.0539 e. The minimum atomic E-state index is 0. The molecule has 0 saturated carbocycles. The van der Waals surface area contributed by atoms with E-state index < -0.39 is 0 Å². The van der Waals surface area contributed by atoms with Crippen molar-refractivity contribution in [2.24, 2.45) is 5.73 Å². The van der Waals surface area contributed by atoms with E-state index in [1.165, 1.54) is 0 Å². The number of hydrogen-bond acceptors (Lipinski definition) is 2. The van der Waals surface area contributed by atoms with Gasteiger partial charge in [-0.15, -0.1) is 0 Å². The highest BCUT2D eigenvalue weighted by Gasteiger charge is 1.81. The highest BCUT2D eigenvalue weighted by Crippen LogP contribution is 1.88. The SMILES string of the molecule is C.NCc1ccccn1. The minimum absolute atomic E-state index is 0. The van der Waals surface area contributed by atoms with Crippen LogP contribution in [0.15, 0.2) is 24.4 Å². The fourth-order valence-electron chi connectivity index (χ4n) is 0.519. The molecule has 0 aromatic carbocycles. The number of aromatic nitrogens is 1. The molecule has 2 nitrogen and oxygen atoms in total. The fraction of sp³-hybridized carbons (Fsp3) is 0.286. The third-order valence-corrected chi connectivity index (χ3v) is 0.935. The molecule has 50 valence electrons. The van der Waals surface area contributed by atoms with Crippen molar-refractivity contribution >= 4 is 0 Å². The highest BCUT2D eigenvalue weighted by atomic mass is 14.7. The summed E-state index contributed by atoms with van der Waals surface area (Å²) in [5, 5.41) is 0. The Morgan fingerprint density at radius 2 is 2.22 bits per heavy atom. The van der Waals surface area contributed by atoms with Gasteiger partial charge in [-0.1, -0.05) is 13.5 Å². The largest absolute Gasteiger partial charge is 0.325 e. The molecule has 1 heterocycles. The van der Waals surface area contributed by atoms with Crippen LogP contribution in [-0.2, 0) is 6.54 Å². The van der Waals surface area contributed by atoms with Gasteiger partial charge in [0.15, 0.2) is 0 Å². The van der Waals surface area contributed by atoms with Gasteiger partial charge in [0.1, 0.15) is 0 Å². The smallest absolute Gasteiger partial charge is 0.0539 e. The van der Waals surface area contributed by atoms with Gasteiger partial charge in [0, 0.05) is 12.7 Å². The molecule has 0 aliphatic carbocycles. The van der Waals surface area contributed by atoms with E-state index in [0.717, 1.165) is 5.69 Å². The van der Waals surface area contributed by atoms with E-state index >= 15 is 0 Å². The van der Waals surface area contributed by atoms with Gasteiger partial charge in [-0.2, -0.15) is 0 Å². The van der Waals surface area contributed by atoms with E-state index in [1.807, 2.05) is 18.2 Å². The van der Waals surface area contributed by atoms with Gasteiger partial charge in [0.25, 0.3) is 0 Å². The first-order valence-electron chi connectivity index (χ1n) is 2.53. The van der Waals surface area contributed by atoms with E-state index in [4.69, 9.17) is 5.73 Å². The van der Waals surface area contributed by atoms with Gasteiger partial charge < -0.3 is 5.73 Å². The maximum absolute atomic E-state index is 5.29. The second kappa shape index (κ2) is 4.04. The van der Waals surface area contributed by atoms with Crippen molar-refractivity contribution in [1.82, 2.24) is 4.98 Å². The summed E-state index contributed by atoms with van der Waals surface area (Å²) < 4.78 is 0. The molecule has 9 heavy (non-hydrogen) atoms. The number of pyridine rings is 1. The molecule has 0 spiro atoms. The van der Waals surface area contributed by atoms with Crippen molar-refractivity contribution < 1.29 is 0 Å². The van der Waals surface area contributed by atoms with Crippen LogP contribution in [0.5, 0.6) is 0 Å². The zero-order valence-corrected chi connectivity index (χ0v) is 4.54. The number of nitrogens with zero attached hydrogens (tertiary/aromatic N) is 1. The average molecular weight is 124 g/mol. The van der Waals surface area contributed by atoms with Crippen LogP contribution in [0, 0.1) is 0 Å². The van der Waals surface area contributed by atoms with Crippen LogP contribution in [0.2, 0.25) is 0 Å². The summed E-state index contributed by atoms with van der Waals surface area (Å²) in [4.78, 5) is 3.97. The molecule has 1 aromatic rings. The summed E-state index contributed by atoms with van der Waals surface area (Å²) >= 11 is 0. The lowest BCUT2D eigenvalue weighted by Gasteiger charge is -1.89. The van der Waals surface area contributed by atoms with Crippen LogP contribution < -0.4 is 5.73 Å². The Bertz CT molecular complexity index is 148. The summed E-state index contributed by atoms with van der Waals surface area (Å²) in [6.07, 6.45) is 1.74. The first kappa shape index (κ1) is 8.11. The first-order valence-corrected chi connectivity index (χ1v) is 2.53. The van der Waals surface area contributed by atoms with E-state index in [1.54, 1.807) is 6.20 Å². The number of nitrogens with two attached hydrogens (primary N) is 1. The zero-order valence-electron chi connectivity index (χ0n) is 4.54. The second-order valence-electron chi connectivity index (χ2n) is 1.53.